The summed E-state index contributed by atoms with van der Waals surface area (Å²) in [5.41, 5.74) is 0. The van der Waals surface area contributed by atoms with Gasteiger partial charge in [0, 0.05) is 13.1 Å². The van der Waals surface area contributed by atoms with Gasteiger partial charge in [0.25, 0.3) is 0 Å². The quantitative estimate of drug-likeness (QED) is 0.407. The molecule has 3 heteroatoms. The van der Waals surface area contributed by atoms with Crippen molar-refractivity contribution in [1.29, 1.82) is 0 Å². The molecular formula is C15H32N2S. The first-order valence-electron chi connectivity index (χ1n) is 7.83. The van der Waals surface area contributed by atoms with E-state index in [1.165, 1.54) is 64.2 Å². The van der Waals surface area contributed by atoms with Crippen LogP contribution in [0.4, 0.5) is 0 Å². The van der Waals surface area contributed by atoms with Gasteiger partial charge in [0.1, 0.15) is 0 Å². The standard InChI is InChI=1S/C15H32N2S/c1-3-5-7-9-11-13-16-15(18)17-14-12-10-8-6-4-2/h3-14H2,1-2H3,(H2,16,17,18). The van der Waals surface area contributed by atoms with Gasteiger partial charge in [-0.3, -0.25) is 0 Å². The number of unbranched alkanes of at least 4 members (excludes halogenated alkanes) is 8. The van der Waals surface area contributed by atoms with Crippen LogP contribution in [-0.4, -0.2) is 18.2 Å². The molecule has 0 aromatic rings. The summed E-state index contributed by atoms with van der Waals surface area (Å²) in [5, 5.41) is 7.40. The fraction of sp³-hybridized carbons (Fsp3) is 0.933. The van der Waals surface area contributed by atoms with E-state index in [1.54, 1.807) is 0 Å². The van der Waals surface area contributed by atoms with Crippen LogP contribution in [0.3, 0.4) is 0 Å². The smallest absolute Gasteiger partial charge is 0.166 e. The first-order chi connectivity index (χ1) is 8.81. The van der Waals surface area contributed by atoms with Crippen LogP contribution in [0.25, 0.3) is 0 Å². The van der Waals surface area contributed by atoms with Crippen LogP contribution in [0.1, 0.15) is 78.1 Å². The molecule has 2 nitrogen and oxygen atoms in total. The molecule has 0 aromatic carbocycles. The second kappa shape index (κ2) is 14.7. The Morgan fingerprint density at radius 3 is 1.44 bits per heavy atom. The zero-order valence-electron chi connectivity index (χ0n) is 12.4. The maximum atomic E-state index is 5.23. The van der Waals surface area contributed by atoms with Crippen molar-refractivity contribution in [3.8, 4) is 0 Å². The summed E-state index contributed by atoms with van der Waals surface area (Å²) in [6, 6.07) is 0. The molecule has 0 aliphatic carbocycles. The van der Waals surface area contributed by atoms with Gasteiger partial charge >= 0.3 is 0 Å². The normalized spacial score (nSPS) is 10.3. The predicted octanol–water partition coefficient (Wildman–Crippen LogP) is 4.39. The van der Waals surface area contributed by atoms with Gasteiger partial charge in [0.2, 0.25) is 0 Å². The largest absolute Gasteiger partial charge is 0.363 e. The Morgan fingerprint density at radius 2 is 1.06 bits per heavy atom. The molecular weight excluding hydrogens is 240 g/mol. The van der Waals surface area contributed by atoms with Crippen molar-refractivity contribution in [3.63, 3.8) is 0 Å². The fourth-order valence-electron chi connectivity index (χ4n) is 1.92. The van der Waals surface area contributed by atoms with E-state index in [2.05, 4.69) is 24.5 Å². The number of hydrogen-bond acceptors (Lipinski definition) is 1. The van der Waals surface area contributed by atoms with Crippen molar-refractivity contribution in [2.75, 3.05) is 13.1 Å². The Balaban J connectivity index is 3.12. The van der Waals surface area contributed by atoms with Crippen molar-refractivity contribution in [1.82, 2.24) is 10.6 Å². The summed E-state index contributed by atoms with van der Waals surface area (Å²) in [6.07, 6.45) is 13.2. The average molecular weight is 273 g/mol. The Morgan fingerprint density at radius 1 is 0.667 bits per heavy atom. The van der Waals surface area contributed by atoms with Gasteiger partial charge in [-0.05, 0) is 25.1 Å². The molecule has 0 fully saturated rings. The highest BCUT2D eigenvalue weighted by atomic mass is 32.1. The van der Waals surface area contributed by atoms with Gasteiger partial charge < -0.3 is 10.6 Å². The second-order valence-corrected chi connectivity index (χ2v) is 5.42. The zero-order chi connectivity index (χ0) is 13.5. The molecule has 18 heavy (non-hydrogen) atoms. The molecule has 0 unspecified atom stereocenters. The third-order valence-corrected chi connectivity index (χ3v) is 3.42. The topological polar surface area (TPSA) is 24.1 Å². The zero-order valence-corrected chi connectivity index (χ0v) is 13.2. The predicted molar refractivity (Wildman–Crippen MR) is 86.1 cm³/mol. The highest BCUT2D eigenvalue weighted by Gasteiger charge is 1.95. The van der Waals surface area contributed by atoms with Crippen molar-refractivity contribution >= 4 is 17.3 Å². The number of thiocarbonyl (C=S) groups is 1. The van der Waals surface area contributed by atoms with Crippen molar-refractivity contribution in [3.05, 3.63) is 0 Å². The van der Waals surface area contributed by atoms with E-state index in [0.717, 1.165) is 18.2 Å². The Labute approximate surface area is 119 Å². The summed E-state index contributed by atoms with van der Waals surface area (Å²) >= 11 is 5.23. The third-order valence-electron chi connectivity index (χ3n) is 3.13. The molecule has 0 radical (unpaired) electrons. The molecule has 0 aliphatic rings. The molecule has 108 valence electrons. The molecule has 0 spiro atoms. The summed E-state index contributed by atoms with van der Waals surface area (Å²) in [5.74, 6) is 0. The molecule has 2 N–H and O–H groups in total. The lowest BCUT2D eigenvalue weighted by atomic mass is 10.1. The van der Waals surface area contributed by atoms with Gasteiger partial charge in [-0.25, -0.2) is 0 Å². The van der Waals surface area contributed by atoms with Crippen molar-refractivity contribution in [2.24, 2.45) is 0 Å². The van der Waals surface area contributed by atoms with E-state index in [4.69, 9.17) is 12.2 Å². The van der Waals surface area contributed by atoms with Crippen molar-refractivity contribution < 1.29 is 0 Å². The van der Waals surface area contributed by atoms with Gasteiger partial charge in [0.05, 0.1) is 0 Å². The summed E-state index contributed by atoms with van der Waals surface area (Å²) < 4.78 is 0. The van der Waals surface area contributed by atoms with Crippen molar-refractivity contribution in [2.45, 2.75) is 78.1 Å². The molecule has 0 saturated carbocycles. The minimum absolute atomic E-state index is 0.834. The number of nitrogens with one attached hydrogen (secondary N) is 2. The van der Waals surface area contributed by atoms with Gasteiger partial charge in [-0.1, -0.05) is 65.2 Å². The Hall–Kier alpha value is -0.310. The lowest BCUT2D eigenvalue weighted by Gasteiger charge is -2.10. The third kappa shape index (κ3) is 13.8. The van der Waals surface area contributed by atoms with Gasteiger partial charge in [-0.2, -0.15) is 0 Å². The highest BCUT2D eigenvalue weighted by molar-refractivity contribution is 7.80. The van der Waals surface area contributed by atoms with Crippen LogP contribution >= 0.6 is 12.2 Å². The summed E-state index contributed by atoms with van der Waals surface area (Å²) in [4.78, 5) is 0. The SMILES string of the molecule is CCCCCCCNC(=S)NCCCCCCC. The molecule has 0 amide bonds. The Bertz CT molecular complexity index is 165. The maximum Gasteiger partial charge on any atom is 0.166 e. The van der Waals surface area contributed by atoms with Crippen LogP contribution in [0.15, 0.2) is 0 Å². The van der Waals surface area contributed by atoms with E-state index in [-0.39, 0.29) is 0 Å². The molecule has 0 aliphatic heterocycles. The molecule has 0 aromatic heterocycles. The number of hydrogen-bond donors (Lipinski definition) is 2. The molecule has 0 bridgehead atoms. The summed E-state index contributed by atoms with van der Waals surface area (Å²) in [7, 11) is 0. The fourth-order valence-corrected chi connectivity index (χ4v) is 2.13. The first kappa shape index (κ1) is 17.7. The van der Waals surface area contributed by atoms with E-state index < -0.39 is 0 Å². The van der Waals surface area contributed by atoms with E-state index >= 15 is 0 Å². The second-order valence-electron chi connectivity index (χ2n) is 5.01. The summed E-state index contributed by atoms with van der Waals surface area (Å²) in [6.45, 7) is 6.53. The molecule has 0 heterocycles. The minimum Gasteiger partial charge on any atom is -0.363 e. The minimum atomic E-state index is 0.834. The number of rotatable bonds is 12. The van der Waals surface area contributed by atoms with E-state index in [9.17, 15) is 0 Å². The van der Waals surface area contributed by atoms with E-state index in [0.29, 0.717) is 0 Å². The lowest BCUT2D eigenvalue weighted by molar-refractivity contribution is 0.611. The van der Waals surface area contributed by atoms with Gasteiger partial charge in [-0.15, -0.1) is 0 Å². The monoisotopic (exact) mass is 272 g/mol. The highest BCUT2D eigenvalue weighted by Crippen LogP contribution is 2.02. The van der Waals surface area contributed by atoms with Crippen LogP contribution < -0.4 is 10.6 Å². The lowest BCUT2D eigenvalue weighted by Crippen LogP contribution is -2.36. The molecule has 0 saturated heterocycles. The van der Waals surface area contributed by atoms with Crippen LogP contribution in [0.5, 0.6) is 0 Å². The van der Waals surface area contributed by atoms with Crippen LogP contribution in [-0.2, 0) is 0 Å². The molecule has 0 rings (SSSR count). The first-order valence-corrected chi connectivity index (χ1v) is 8.23. The molecule has 0 atom stereocenters. The van der Waals surface area contributed by atoms with Crippen LogP contribution in [0.2, 0.25) is 0 Å². The van der Waals surface area contributed by atoms with E-state index in [1.807, 2.05) is 0 Å². The average Bonchev–Trinajstić information content (AvgIpc) is 2.38. The Kier molecular flexibility index (Phi) is 14.5. The maximum absolute atomic E-state index is 5.23. The van der Waals surface area contributed by atoms with Crippen LogP contribution in [0, 0.1) is 0 Å². The van der Waals surface area contributed by atoms with Gasteiger partial charge in [0.15, 0.2) is 5.11 Å².